The summed E-state index contributed by atoms with van der Waals surface area (Å²) in [6, 6.07) is 13.5. The van der Waals surface area contributed by atoms with Gasteiger partial charge in [-0.3, -0.25) is 4.79 Å². The van der Waals surface area contributed by atoms with Crippen LogP contribution in [-0.4, -0.2) is 29.0 Å². The van der Waals surface area contributed by atoms with Crippen molar-refractivity contribution in [3.05, 3.63) is 81.0 Å². The van der Waals surface area contributed by atoms with E-state index in [4.69, 9.17) is 22.1 Å². The number of aryl methyl sites for hydroxylation is 1. The molecule has 5 nitrogen and oxygen atoms in total. The predicted octanol–water partition coefficient (Wildman–Crippen LogP) is 5.49. The zero-order valence-electron chi connectivity index (χ0n) is 18.2. The molecule has 0 atom stereocenters. The SMILES string of the molecule is NC(CO)(CO)CCc1ccc2sc3cc(Oc4ccc(Cl)c(C(F)(F)F)c4)ccc3c(=O)c2c1. The summed E-state index contributed by atoms with van der Waals surface area (Å²) in [4.78, 5) is 13.1. The number of nitrogens with two attached hydrogens (primary N) is 1. The highest BCUT2D eigenvalue weighted by Crippen LogP contribution is 2.38. The predicted molar refractivity (Wildman–Crippen MR) is 132 cm³/mol. The van der Waals surface area contributed by atoms with Gasteiger partial charge >= 0.3 is 6.18 Å². The molecule has 0 saturated carbocycles. The monoisotopic (exact) mass is 523 g/mol. The minimum Gasteiger partial charge on any atom is -0.457 e. The average molecular weight is 524 g/mol. The molecule has 3 aromatic carbocycles. The first-order chi connectivity index (χ1) is 16.5. The number of rotatable bonds is 7. The second-order valence-corrected chi connectivity index (χ2v) is 9.83. The molecule has 0 spiro atoms. The quantitative estimate of drug-likeness (QED) is 0.278. The van der Waals surface area contributed by atoms with Gasteiger partial charge in [-0.1, -0.05) is 17.7 Å². The molecule has 4 rings (SSSR count). The number of benzene rings is 3. The molecular weight excluding hydrogens is 503 g/mol. The van der Waals surface area contributed by atoms with Crippen LogP contribution in [0.5, 0.6) is 11.5 Å². The average Bonchev–Trinajstić information content (AvgIpc) is 2.83. The molecule has 0 radical (unpaired) electrons. The van der Waals surface area contributed by atoms with Crippen molar-refractivity contribution in [2.75, 3.05) is 13.2 Å². The molecule has 4 N–H and O–H groups in total. The van der Waals surface area contributed by atoms with Crippen LogP contribution in [0.2, 0.25) is 5.02 Å². The zero-order chi connectivity index (χ0) is 25.4. The summed E-state index contributed by atoms with van der Waals surface area (Å²) in [6.45, 7) is -0.705. The lowest BCUT2D eigenvalue weighted by Gasteiger charge is -2.24. The molecule has 10 heteroatoms. The van der Waals surface area contributed by atoms with Gasteiger partial charge < -0.3 is 20.7 Å². The summed E-state index contributed by atoms with van der Waals surface area (Å²) in [5.41, 5.74) is 4.51. The van der Waals surface area contributed by atoms with Crippen LogP contribution in [0.15, 0.2) is 59.4 Å². The number of ether oxygens (including phenoxy) is 1. The molecule has 0 aliphatic rings. The van der Waals surface area contributed by atoms with E-state index in [0.29, 0.717) is 28.3 Å². The van der Waals surface area contributed by atoms with Gasteiger partial charge in [0.2, 0.25) is 0 Å². The van der Waals surface area contributed by atoms with Crippen molar-refractivity contribution in [2.24, 2.45) is 5.73 Å². The number of hydrogen-bond donors (Lipinski definition) is 3. The standard InChI is InChI=1S/C25H21ClF3NO4S/c26-20-5-3-15(10-19(20)25(27,28)29)34-16-2-4-17-22(11-16)35-21-6-1-14(9-18(21)23(17)33)7-8-24(30,12-31)13-32/h1-6,9-11,31-32H,7-8,12-13,30H2. The second kappa shape index (κ2) is 9.75. The molecule has 4 aromatic rings. The zero-order valence-corrected chi connectivity index (χ0v) is 19.8. The Bertz CT molecular complexity index is 1450. The van der Waals surface area contributed by atoms with E-state index in [1.165, 1.54) is 23.5 Å². The van der Waals surface area contributed by atoms with E-state index < -0.39 is 22.3 Å². The topological polar surface area (TPSA) is 92.8 Å². The normalized spacial score (nSPS) is 12.4. The van der Waals surface area contributed by atoms with Crippen molar-refractivity contribution in [1.82, 2.24) is 0 Å². The maximum absolute atomic E-state index is 13.1. The summed E-state index contributed by atoms with van der Waals surface area (Å²) in [5.74, 6) is 0.257. The van der Waals surface area contributed by atoms with E-state index in [2.05, 4.69) is 0 Å². The molecule has 0 saturated heterocycles. The fourth-order valence-electron chi connectivity index (χ4n) is 3.62. The number of aliphatic hydroxyl groups is 2. The van der Waals surface area contributed by atoms with Crippen LogP contribution >= 0.6 is 22.9 Å². The highest BCUT2D eigenvalue weighted by atomic mass is 35.5. The van der Waals surface area contributed by atoms with Crippen LogP contribution in [0.25, 0.3) is 20.2 Å². The third-order valence-corrected chi connectivity index (χ3v) is 7.19. The van der Waals surface area contributed by atoms with Gasteiger partial charge in [0.05, 0.1) is 29.3 Å². The lowest BCUT2D eigenvalue weighted by molar-refractivity contribution is -0.137. The van der Waals surface area contributed by atoms with Crippen molar-refractivity contribution >= 4 is 43.1 Å². The highest BCUT2D eigenvalue weighted by molar-refractivity contribution is 7.24. The summed E-state index contributed by atoms with van der Waals surface area (Å²) in [7, 11) is 0. The van der Waals surface area contributed by atoms with Crippen LogP contribution in [0, 0.1) is 0 Å². The Hall–Kier alpha value is -2.69. The van der Waals surface area contributed by atoms with Crippen LogP contribution in [-0.2, 0) is 12.6 Å². The maximum Gasteiger partial charge on any atom is 0.417 e. The van der Waals surface area contributed by atoms with E-state index in [-0.39, 0.29) is 30.1 Å². The lowest BCUT2D eigenvalue weighted by Crippen LogP contribution is -2.47. The van der Waals surface area contributed by atoms with E-state index in [9.17, 15) is 28.2 Å². The minimum absolute atomic E-state index is 0.0272. The number of aliphatic hydroxyl groups excluding tert-OH is 2. The Labute approximate surface area is 207 Å². The Morgan fingerprint density at radius 2 is 1.60 bits per heavy atom. The molecule has 35 heavy (non-hydrogen) atoms. The van der Waals surface area contributed by atoms with Crippen molar-refractivity contribution in [3.63, 3.8) is 0 Å². The van der Waals surface area contributed by atoms with Crippen LogP contribution in [0.4, 0.5) is 13.2 Å². The number of alkyl halides is 3. The van der Waals surface area contributed by atoms with E-state index in [1.54, 1.807) is 18.2 Å². The third-order valence-electron chi connectivity index (χ3n) is 5.73. The van der Waals surface area contributed by atoms with Crippen LogP contribution < -0.4 is 15.9 Å². The molecule has 1 aromatic heterocycles. The molecular formula is C25H21ClF3NO4S. The maximum atomic E-state index is 13.1. The fraction of sp³-hybridized carbons (Fsp3) is 0.240. The molecule has 0 aliphatic heterocycles. The second-order valence-electron chi connectivity index (χ2n) is 8.34. The van der Waals surface area contributed by atoms with Crippen molar-refractivity contribution in [3.8, 4) is 11.5 Å². The molecule has 0 aliphatic carbocycles. The van der Waals surface area contributed by atoms with Crippen molar-refractivity contribution < 1.29 is 28.1 Å². The smallest absolute Gasteiger partial charge is 0.417 e. The van der Waals surface area contributed by atoms with Gasteiger partial charge in [-0.25, -0.2) is 0 Å². The summed E-state index contributed by atoms with van der Waals surface area (Å²) < 4.78 is 46.4. The Morgan fingerprint density at radius 3 is 2.29 bits per heavy atom. The lowest BCUT2D eigenvalue weighted by atomic mass is 9.93. The summed E-state index contributed by atoms with van der Waals surface area (Å²) >= 11 is 7.02. The molecule has 0 fully saturated rings. The van der Waals surface area contributed by atoms with Gasteiger partial charge in [0.1, 0.15) is 11.5 Å². The highest BCUT2D eigenvalue weighted by Gasteiger charge is 2.33. The van der Waals surface area contributed by atoms with Gasteiger partial charge in [-0.15, -0.1) is 11.3 Å². The Balaban J connectivity index is 1.65. The number of hydrogen-bond acceptors (Lipinski definition) is 6. The van der Waals surface area contributed by atoms with Crippen LogP contribution in [0.3, 0.4) is 0 Å². The Kier molecular flexibility index (Phi) is 7.08. The van der Waals surface area contributed by atoms with Gasteiger partial charge in [0.15, 0.2) is 5.43 Å². The first-order valence-corrected chi connectivity index (χ1v) is 11.8. The first kappa shape index (κ1) is 25.4. The van der Waals surface area contributed by atoms with Crippen molar-refractivity contribution in [1.29, 1.82) is 0 Å². The van der Waals surface area contributed by atoms with Gasteiger partial charge in [0.25, 0.3) is 0 Å². The van der Waals surface area contributed by atoms with Gasteiger partial charge in [0, 0.05) is 20.2 Å². The van der Waals surface area contributed by atoms with Gasteiger partial charge in [-0.05, 0) is 66.9 Å². The molecule has 0 amide bonds. The van der Waals surface area contributed by atoms with Crippen molar-refractivity contribution in [2.45, 2.75) is 24.6 Å². The minimum atomic E-state index is -4.61. The molecule has 0 bridgehead atoms. The third kappa shape index (κ3) is 5.44. The van der Waals surface area contributed by atoms with Crippen LogP contribution in [0.1, 0.15) is 17.5 Å². The first-order valence-electron chi connectivity index (χ1n) is 10.6. The number of fused-ring (bicyclic) bond motifs is 2. The van der Waals surface area contributed by atoms with E-state index in [1.807, 2.05) is 12.1 Å². The number of halogens is 4. The van der Waals surface area contributed by atoms with E-state index >= 15 is 0 Å². The molecule has 184 valence electrons. The Morgan fingerprint density at radius 1 is 0.914 bits per heavy atom. The molecule has 0 unspecified atom stereocenters. The molecule has 1 heterocycles. The summed E-state index contributed by atoms with van der Waals surface area (Å²) in [5, 5.41) is 19.3. The van der Waals surface area contributed by atoms with Gasteiger partial charge in [-0.2, -0.15) is 13.2 Å². The largest absolute Gasteiger partial charge is 0.457 e. The van der Waals surface area contributed by atoms with E-state index in [0.717, 1.165) is 22.4 Å². The summed E-state index contributed by atoms with van der Waals surface area (Å²) in [6.07, 6.45) is -3.79. The fourth-order valence-corrected chi connectivity index (χ4v) is 4.93.